The summed E-state index contributed by atoms with van der Waals surface area (Å²) in [6.07, 6.45) is 4.90. The van der Waals surface area contributed by atoms with Gasteiger partial charge in [-0.2, -0.15) is 8.42 Å². The molecule has 167 valence electrons. The number of aliphatic hydroxyl groups is 1. The molecule has 2 N–H and O–H groups in total. The molecular formula is C21H28KO8S. The molecule has 0 unspecified atom stereocenters. The number of fused-ring (bicyclic) bond motifs is 5. The molecule has 0 aromatic rings. The molecule has 0 spiro atoms. The van der Waals surface area contributed by atoms with Gasteiger partial charge in [-0.3, -0.25) is 18.9 Å². The molecule has 0 bridgehead atoms. The number of hydrogen-bond acceptors (Lipinski definition) is 7. The summed E-state index contributed by atoms with van der Waals surface area (Å²) in [7, 11) is -4.81. The third-order valence-corrected chi connectivity index (χ3v) is 9.02. The first-order valence-electron chi connectivity index (χ1n) is 10.5. The van der Waals surface area contributed by atoms with E-state index in [0.29, 0.717) is 19.3 Å². The van der Waals surface area contributed by atoms with E-state index in [-0.39, 0.29) is 99.0 Å². The second kappa shape index (κ2) is 8.46. The van der Waals surface area contributed by atoms with Gasteiger partial charge in [0.1, 0.15) is 18.0 Å². The van der Waals surface area contributed by atoms with Crippen LogP contribution in [0.15, 0.2) is 11.6 Å². The van der Waals surface area contributed by atoms with Crippen LogP contribution in [0.3, 0.4) is 0 Å². The van der Waals surface area contributed by atoms with Gasteiger partial charge in [-0.1, -0.05) is 19.4 Å². The van der Waals surface area contributed by atoms with Crippen molar-refractivity contribution in [1.29, 1.82) is 0 Å². The van der Waals surface area contributed by atoms with Gasteiger partial charge < -0.3 is 5.11 Å². The van der Waals surface area contributed by atoms with Crippen LogP contribution in [-0.4, -0.2) is 99.0 Å². The van der Waals surface area contributed by atoms with Crippen molar-refractivity contribution in [1.82, 2.24) is 0 Å². The molecule has 4 rings (SSSR count). The maximum absolute atomic E-state index is 13.4. The summed E-state index contributed by atoms with van der Waals surface area (Å²) in [4.78, 5) is 38.1. The van der Waals surface area contributed by atoms with Crippen LogP contribution in [0, 0.1) is 28.6 Å². The average Bonchev–Trinajstić information content (AvgIpc) is 2.91. The molecule has 8 nitrogen and oxygen atoms in total. The maximum atomic E-state index is 13.4. The van der Waals surface area contributed by atoms with E-state index >= 15 is 0 Å². The normalized spacial score (nSPS) is 42.1. The Hall–Kier alpha value is 0.216. The Labute approximate surface area is 224 Å². The molecule has 0 saturated heterocycles. The molecule has 0 aromatic carbocycles. The fraction of sp³-hybridized carbons (Fsp3) is 0.762. The van der Waals surface area contributed by atoms with Crippen LogP contribution in [0.5, 0.6) is 0 Å². The van der Waals surface area contributed by atoms with Crippen LogP contribution >= 0.6 is 0 Å². The molecule has 1 radical (unpaired) electrons. The van der Waals surface area contributed by atoms with E-state index < -0.39 is 33.8 Å². The van der Waals surface area contributed by atoms with Crippen LogP contribution < -0.4 is 0 Å². The van der Waals surface area contributed by atoms with Crippen LogP contribution in [0.2, 0.25) is 0 Å². The van der Waals surface area contributed by atoms with Crippen molar-refractivity contribution < 1.29 is 36.6 Å². The third-order valence-electron chi connectivity index (χ3n) is 8.61. The van der Waals surface area contributed by atoms with Crippen molar-refractivity contribution in [3.05, 3.63) is 11.6 Å². The monoisotopic (exact) mass is 479 g/mol. The van der Waals surface area contributed by atoms with E-state index in [1.165, 1.54) is 0 Å². The van der Waals surface area contributed by atoms with Gasteiger partial charge >= 0.3 is 10.4 Å². The number of rotatable bonds is 4. The van der Waals surface area contributed by atoms with Gasteiger partial charge in [0.2, 0.25) is 0 Å². The van der Waals surface area contributed by atoms with E-state index in [0.717, 1.165) is 18.4 Å². The molecule has 4 aliphatic rings. The van der Waals surface area contributed by atoms with E-state index in [9.17, 15) is 27.9 Å². The van der Waals surface area contributed by atoms with Gasteiger partial charge in [0.15, 0.2) is 11.6 Å². The minimum atomic E-state index is -4.81. The van der Waals surface area contributed by atoms with Crippen molar-refractivity contribution >= 4 is 79.1 Å². The Morgan fingerprint density at radius 3 is 2.52 bits per heavy atom. The number of ketones is 3. The molecule has 3 fully saturated rings. The summed E-state index contributed by atoms with van der Waals surface area (Å²) in [5.41, 5.74) is -2.23. The molecule has 3 saturated carbocycles. The van der Waals surface area contributed by atoms with E-state index in [1.807, 2.05) is 0 Å². The smallest absolute Gasteiger partial charge is 0.381 e. The minimum Gasteiger partial charge on any atom is -0.381 e. The van der Waals surface area contributed by atoms with E-state index in [2.05, 4.69) is 11.1 Å². The zero-order valence-corrected chi connectivity index (χ0v) is 22.2. The van der Waals surface area contributed by atoms with Crippen LogP contribution in [0.4, 0.5) is 0 Å². The topological polar surface area (TPSA) is 135 Å². The molecule has 6 atom stereocenters. The summed E-state index contributed by atoms with van der Waals surface area (Å²) in [5, 5.41) is 11.3. The molecule has 10 heteroatoms. The number of allylic oxidation sites excluding steroid dienone is 1. The Balaban J connectivity index is 0.00000272. The zero-order valence-electron chi connectivity index (χ0n) is 18.2. The van der Waals surface area contributed by atoms with Crippen molar-refractivity contribution in [2.24, 2.45) is 28.6 Å². The van der Waals surface area contributed by atoms with E-state index in [4.69, 9.17) is 4.55 Å². The van der Waals surface area contributed by atoms with Gasteiger partial charge in [0.05, 0.1) is 0 Å². The Kier molecular flexibility index (Phi) is 7.05. The summed E-state index contributed by atoms with van der Waals surface area (Å²) >= 11 is 0. The van der Waals surface area contributed by atoms with Gasteiger partial charge in [0, 0.05) is 75.6 Å². The third kappa shape index (κ3) is 4.03. The standard InChI is InChI=1S/C21H28O8S.K/c1-19-7-5-13(22)9-12(19)3-4-14-15-6-8-21(25,17(24)11-29-30(26,27)28)20(15,2)10-16(23)18(14)19;/h9,14-15,18,25H,3-8,10-11H2,1-2H3,(H,26,27,28);/t14-,15-,18+,19-,20-,21-;/m0./s1. The predicted molar refractivity (Wildman–Crippen MR) is 110 cm³/mol. The largest absolute Gasteiger partial charge is 0.397 e. The number of carbonyl (C=O) groups excluding carboxylic acids is 3. The molecule has 31 heavy (non-hydrogen) atoms. The first-order chi connectivity index (χ1) is 13.8. The van der Waals surface area contributed by atoms with Gasteiger partial charge in [0.25, 0.3) is 0 Å². The second-order valence-corrected chi connectivity index (χ2v) is 11.0. The molecule has 0 amide bonds. The quantitative estimate of drug-likeness (QED) is 0.457. The molecule has 0 aliphatic heterocycles. The van der Waals surface area contributed by atoms with Gasteiger partial charge in [-0.15, -0.1) is 0 Å². The Morgan fingerprint density at radius 1 is 1.19 bits per heavy atom. The van der Waals surface area contributed by atoms with Gasteiger partial charge in [-0.05, 0) is 55.4 Å². The van der Waals surface area contributed by atoms with Crippen molar-refractivity contribution in [3.8, 4) is 0 Å². The fourth-order valence-corrected chi connectivity index (χ4v) is 7.35. The zero-order chi connectivity index (χ0) is 22.1. The first kappa shape index (κ1) is 25.8. The van der Waals surface area contributed by atoms with Crippen molar-refractivity contribution in [2.75, 3.05) is 6.61 Å². The number of carbonyl (C=O) groups is 3. The van der Waals surface area contributed by atoms with Crippen LogP contribution in [0.1, 0.15) is 58.8 Å². The van der Waals surface area contributed by atoms with Crippen LogP contribution in [0.25, 0.3) is 0 Å². The maximum Gasteiger partial charge on any atom is 0.397 e. The summed E-state index contributed by atoms with van der Waals surface area (Å²) in [6, 6.07) is 0. The van der Waals surface area contributed by atoms with Crippen molar-refractivity contribution in [3.63, 3.8) is 0 Å². The molecule has 4 aliphatic carbocycles. The van der Waals surface area contributed by atoms with Crippen molar-refractivity contribution in [2.45, 2.75) is 64.4 Å². The van der Waals surface area contributed by atoms with Gasteiger partial charge in [-0.25, -0.2) is 4.18 Å². The fourth-order valence-electron chi connectivity index (χ4n) is 7.09. The number of Topliss-reactive ketones (excluding diaryl/α,β-unsaturated/α-hetero) is 2. The van der Waals surface area contributed by atoms with Crippen LogP contribution in [-0.2, 0) is 29.0 Å². The first-order valence-corrected chi connectivity index (χ1v) is 11.8. The predicted octanol–water partition coefficient (Wildman–Crippen LogP) is 1.44. The average molecular weight is 480 g/mol. The second-order valence-electron chi connectivity index (χ2n) is 9.91. The summed E-state index contributed by atoms with van der Waals surface area (Å²) < 4.78 is 34.7. The molecule has 0 aromatic heterocycles. The summed E-state index contributed by atoms with van der Waals surface area (Å²) in [6.45, 7) is 2.84. The molecular weight excluding hydrogens is 451 g/mol. The minimum absolute atomic E-state index is 0. The van der Waals surface area contributed by atoms with E-state index in [1.54, 1.807) is 13.0 Å². The summed E-state index contributed by atoms with van der Waals surface area (Å²) in [5.74, 6) is -1.05. The SMILES string of the molecule is C[C@]12CCC(=O)C=C1CC[C@@H]1[C@@H]2C(=O)C[C@@]2(C)[C@H]1CC[C@]2(O)C(=O)COS(=O)(=O)O.[K]. The number of hydrogen-bond donors (Lipinski definition) is 2. The Bertz CT molecular complexity index is 958. The Morgan fingerprint density at radius 2 is 1.87 bits per heavy atom. The molecule has 0 heterocycles.